The van der Waals surface area contributed by atoms with E-state index in [0.717, 1.165) is 17.7 Å². The van der Waals surface area contributed by atoms with Crippen molar-refractivity contribution in [3.63, 3.8) is 0 Å². The topological polar surface area (TPSA) is 49.3 Å². The first-order valence-corrected chi connectivity index (χ1v) is 6.54. The molecule has 0 radical (unpaired) electrons. The van der Waals surface area contributed by atoms with Crippen LogP contribution in [0.15, 0.2) is 36.4 Å². The summed E-state index contributed by atoms with van der Waals surface area (Å²) in [7, 11) is 0. The number of carbonyl (C=O) groups excluding carboxylic acids is 1. The molecule has 0 unspecified atom stereocenters. The summed E-state index contributed by atoms with van der Waals surface area (Å²) in [5.41, 5.74) is -0.0958. The highest BCUT2D eigenvalue weighted by Gasteiger charge is 2.31. The number of phenols is 1. The van der Waals surface area contributed by atoms with E-state index in [1.807, 2.05) is 0 Å². The predicted molar refractivity (Wildman–Crippen MR) is 77.3 cm³/mol. The van der Waals surface area contributed by atoms with Gasteiger partial charge in [-0.15, -0.1) is 0 Å². The van der Waals surface area contributed by atoms with Crippen LogP contribution < -0.4 is 5.32 Å². The summed E-state index contributed by atoms with van der Waals surface area (Å²) in [5.74, 6) is -1.48. The van der Waals surface area contributed by atoms with E-state index in [0.29, 0.717) is 16.8 Å². The third-order valence-corrected chi connectivity index (χ3v) is 3.41. The highest BCUT2D eigenvalue weighted by Crippen LogP contribution is 2.33. The highest BCUT2D eigenvalue weighted by molar-refractivity contribution is 6.31. The molecule has 0 atom stereocenters. The summed E-state index contributed by atoms with van der Waals surface area (Å²) in [6, 6.07) is 6.96. The number of hydrogen-bond donors (Lipinski definition) is 2. The number of rotatable bonds is 2. The second-order valence-corrected chi connectivity index (χ2v) is 5.05. The number of anilines is 1. The number of halogens is 4. The molecule has 2 rings (SSSR count). The fourth-order valence-corrected chi connectivity index (χ4v) is 1.95. The second-order valence-electron chi connectivity index (χ2n) is 4.65. The monoisotopic (exact) mass is 329 g/mol. The Hall–Kier alpha value is -2.21. The van der Waals surface area contributed by atoms with E-state index in [4.69, 9.17) is 11.6 Å². The highest BCUT2D eigenvalue weighted by atomic mass is 35.5. The number of amides is 1. The van der Waals surface area contributed by atoms with Gasteiger partial charge in [0.2, 0.25) is 0 Å². The lowest BCUT2D eigenvalue weighted by molar-refractivity contribution is -0.137. The molecule has 0 saturated heterocycles. The van der Waals surface area contributed by atoms with Gasteiger partial charge in [0.1, 0.15) is 5.75 Å². The Bertz CT molecular complexity index is 729. The predicted octanol–water partition coefficient (Wildman–Crippen LogP) is 4.63. The fourth-order valence-electron chi connectivity index (χ4n) is 1.77. The maximum Gasteiger partial charge on any atom is 0.416 e. The van der Waals surface area contributed by atoms with E-state index in [1.54, 1.807) is 19.1 Å². The molecule has 2 aromatic rings. The van der Waals surface area contributed by atoms with E-state index in [-0.39, 0.29) is 5.56 Å². The minimum atomic E-state index is -4.59. The Morgan fingerprint density at radius 3 is 2.41 bits per heavy atom. The van der Waals surface area contributed by atoms with E-state index in [2.05, 4.69) is 5.32 Å². The molecular weight excluding hydrogens is 319 g/mol. The SMILES string of the molecule is Cc1ccc(NC(=O)c2ccc(C(F)(F)F)cc2O)cc1Cl. The van der Waals surface area contributed by atoms with Gasteiger partial charge in [-0.3, -0.25) is 4.79 Å². The van der Waals surface area contributed by atoms with Gasteiger partial charge in [-0.05, 0) is 42.8 Å². The Morgan fingerprint density at radius 2 is 1.86 bits per heavy atom. The summed E-state index contributed by atoms with van der Waals surface area (Å²) in [6.07, 6.45) is -4.59. The lowest BCUT2D eigenvalue weighted by Crippen LogP contribution is -2.13. The van der Waals surface area contributed by atoms with Crippen LogP contribution in [0.3, 0.4) is 0 Å². The van der Waals surface area contributed by atoms with Crippen molar-refractivity contribution in [1.82, 2.24) is 0 Å². The van der Waals surface area contributed by atoms with Crippen LogP contribution in [-0.2, 0) is 6.18 Å². The molecule has 0 aliphatic rings. The number of carbonyl (C=O) groups is 1. The van der Waals surface area contributed by atoms with Crippen LogP contribution in [0.2, 0.25) is 5.02 Å². The number of benzene rings is 2. The summed E-state index contributed by atoms with van der Waals surface area (Å²) in [6.45, 7) is 1.79. The van der Waals surface area contributed by atoms with Gasteiger partial charge in [0.25, 0.3) is 5.91 Å². The van der Waals surface area contributed by atoms with Gasteiger partial charge in [-0.1, -0.05) is 17.7 Å². The maximum atomic E-state index is 12.5. The molecule has 2 N–H and O–H groups in total. The first kappa shape index (κ1) is 16.2. The van der Waals surface area contributed by atoms with E-state index < -0.39 is 23.4 Å². The second kappa shape index (κ2) is 5.88. The zero-order valence-corrected chi connectivity index (χ0v) is 12.1. The molecule has 7 heteroatoms. The van der Waals surface area contributed by atoms with Gasteiger partial charge in [-0.2, -0.15) is 13.2 Å². The lowest BCUT2D eigenvalue weighted by atomic mass is 10.1. The smallest absolute Gasteiger partial charge is 0.416 e. The van der Waals surface area contributed by atoms with Crippen LogP contribution in [-0.4, -0.2) is 11.0 Å². The molecule has 22 heavy (non-hydrogen) atoms. The van der Waals surface area contributed by atoms with Crippen molar-refractivity contribution < 1.29 is 23.1 Å². The fraction of sp³-hybridized carbons (Fsp3) is 0.133. The Balaban J connectivity index is 2.24. The Labute approximate surface area is 129 Å². The van der Waals surface area contributed by atoms with Crippen LogP contribution in [0.5, 0.6) is 5.75 Å². The van der Waals surface area contributed by atoms with Crippen LogP contribution in [0.1, 0.15) is 21.5 Å². The average Bonchev–Trinajstić information content (AvgIpc) is 2.41. The van der Waals surface area contributed by atoms with Gasteiger partial charge in [0, 0.05) is 10.7 Å². The number of phenolic OH excluding ortho intramolecular Hbond substituents is 1. The third kappa shape index (κ3) is 3.51. The Morgan fingerprint density at radius 1 is 1.18 bits per heavy atom. The molecule has 116 valence electrons. The number of nitrogens with one attached hydrogen (secondary N) is 1. The van der Waals surface area contributed by atoms with Crippen molar-refractivity contribution in [2.24, 2.45) is 0 Å². The number of hydrogen-bond acceptors (Lipinski definition) is 2. The molecule has 0 aromatic heterocycles. The van der Waals surface area contributed by atoms with Crippen LogP contribution >= 0.6 is 11.6 Å². The molecule has 0 bridgehead atoms. The van der Waals surface area contributed by atoms with Crippen molar-refractivity contribution in [3.8, 4) is 5.75 Å². The standard InChI is InChI=1S/C15H11ClF3NO2/c1-8-2-4-10(7-12(8)16)20-14(22)11-5-3-9(6-13(11)21)15(17,18)19/h2-7,21H,1H3,(H,20,22). The molecule has 3 nitrogen and oxygen atoms in total. The van der Waals surface area contributed by atoms with Crippen LogP contribution in [0.25, 0.3) is 0 Å². The molecular formula is C15H11ClF3NO2. The first-order chi connectivity index (χ1) is 10.2. The van der Waals surface area contributed by atoms with Crippen molar-refractivity contribution in [3.05, 3.63) is 58.1 Å². The quantitative estimate of drug-likeness (QED) is 0.844. The van der Waals surface area contributed by atoms with Gasteiger partial charge < -0.3 is 10.4 Å². The zero-order chi connectivity index (χ0) is 16.5. The number of aromatic hydroxyl groups is 1. The summed E-state index contributed by atoms with van der Waals surface area (Å²) >= 11 is 5.92. The van der Waals surface area contributed by atoms with E-state index in [1.165, 1.54) is 6.07 Å². The van der Waals surface area contributed by atoms with Crippen molar-refractivity contribution in [2.45, 2.75) is 13.1 Å². The summed E-state index contributed by atoms with van der Waals surface area (Å²) in [5, 5.41) is 12.5. The minimum absolute atomic E-state index is 0.260. The van der Waals surface area contributed by atoms with E-state index >= 15 is 0 Å². The third-order valence-electron chi connectivity index (χ3n) is 3.00. The molecule has 0 spiro atoms. The normalized spacial score (nSPS) is 11.3. The zero-order valence-electron chi connectivity index (χ0n) is 11.3. The number of aryl methyl sites for hydroxylation is 1. The van der Waals surface area contributed by atoms with E-state index in [9.17, 15) is 23.1 Å². The summed E-state index contributed by atoms with van der Waals surface area (Å²) < 4.78 is 37.5. The molecule has 0 heterocycles. The first-order valence-electron chi connectivity index (χ1n) is 6.16. The van der Waals surface area contributed by atoms with Gasteiger partial charge in [0.15, 0.2) is 0 Å². The van der Waals surface area contributed by atoms with Gasteiger partial charge in [0.05, 0.1) is 11.1 Å². The van der Waals surface area contributed by atoms with Crippen molar-refractivity contribution >= 4 is 23.2 Å². The minimum Gasteiger partial charge on any atom is -0.507 e. The summed E-state index contributed by atoms with van der Waals surface area (Å²) in [4.78, 5) is 12.0. The average molecular weight is 330 g/mol. The van der Waals surface area contributed by atoms with Gasteiger partial charge in [-0.25, -0.2) is 0 Å². The maximum absolute atomic E-state index is 12.5. The lowest BCUT2D eigenvalue weighted by Gasteiger charge is -2.11. The molecule has 0 aliphatic carbocycles. The van der Waals surface area contributed by atoms with Crippen molar-refractivity contribution in [1.29, 1.82) is 0 Å². The molecule has 0 saturated carbocycles. The van der Waals surface area contributed by atoms with Crippen LogP contribution in [0.4, 0.5) is 18.9 Å². The largest absolute Gasteiger partial charge is 0.507 e. The van der Waals surface area contributed by atoms with Crippen LogP contribution in [0, 0.1) is 6.92 Å². The molecule has 1 amide bonds. The Kier molecular flexibility index (Phi) is 4.32. The molecule has 0 fully saturated rings. The number of alkyl halides is 3. The molecule has 0 aliphatic heterocycles. The molecule has 2 aromatic carbocycles. The van der Waals surface area contributed by atoms with Crippen molar-refractivity contribution in [2.75, 3.05) is 5.32 Å². The van der Waals surface area contributed by atoms with Gasteiger partial charge >= 0.3 is 6.18 Å².